The lowest BCUT2D eigenvalue weighted by Crippen LogP contribution is -1.92. The number of hydrogen-bond acceptors (Lipinski definition) is 4. The fraction of sp³-hybridized carbons (Fsp3) is 0. The average Bonchev–Trinajstić information content (AvgIpc) is 3.61. The Balaban J connectivity index is 1.39. The van der Waals surface area contributed by atoms with Gasteiger partial charge in [-0.2, -0.15) is 10.5 Å². The lowest BCUT2D eigenvalue weighted by Gasteiger charge is -2.13. The first-order chi connectivity index (χ1) is 20.7. The molecule has 0 aliphatic heterocycles. The lowest BCUT2D eigenvalue weighted by atomic mass is 9.89. The highest BCUT2D eigenvalue weighted by atomic mass is 32.1. The van der Waals surface area contributed by atoms with Gasteiger partial charge in [0.2, 0.25) is 0 Å². The fourth-order valence-corrected chi connectivity index (χ4v) is 7.05. The number of hydrogen-bond donors (Lipinski definition) is 0. The van der Waals surface area contributed by atoms with Gasteiger partial charge >= 0.3 is 0 Å². The molecule has 8 rings (SSSR count). The standard InChI is InChI=1S/C38H20N2OS/c39-21-25-6-5-7-26(22-40)38(25)29-17-27(23-13-15-37-33(19-23)32-9-2-4-11-36(32)42-37)16-28(18-29)24-12-14-31-30-8-1-3-10-34(30)41-35(31)20-24/h1-20H. The summed E-state index contributed by atoms with van der Waals surface area (Å²) >= 11 is 1.80. The second kappa shape index (κ2) is 9.46. The van der Waals surface area contributed by atoms with E-state index in [1.807, 2.05) is 18.2 Å². The normalized spacial score (nSPS) is 11.3. The van der Waals surface area contributed by atoms with Crippen LogP contribution in [0.1, 0.15) is 11.1 Å². The van der Waals surface area contributed by atoms with Crippen molar-refractivity contribution in [1.29, 1.82) is 10.5 Å². The highest BCUT2D eigenvalue weighted by molar-refractivity contribution is 7.25. The van der Waals surface area contributed by atoms with Crippen LogP contribution in [-0.4, -0.2) is 0 Å². The molecular weight excluding hydrogens is 532 g/mol. The van der Waals surface area contributed by atoms with Gasteiger partial charge < -0.3 is 4.42 Å². The number of benzene rings is 6. The number of fused-ring (bicyclic) bond motifs is 6. The molecule has 0 amide bonds. The van der Waals surface area contributed by atoms with Crippen molar-refractivity contribution in [1.82, 2.24) is 0 Å². The second-order valence-electron chi connectivity index (χ2n) is 10.4. The molecule has 0 N–H and O–H groups in total. The van der Waals surface area contributed by atoms with Gasteiger partial charge in [0.15, 0.2) is 0 Å². The Hall–Kier alpha value is -5.68. The van der Waals surface area contributed by atoms with Crippen LogP contribution in [0.15, 0.2) is 126 Å². The van der Waals surface area contributed by atoms with Crippen LogP contribution in [0.25, 0.3) is 75.5 Å². The third-order valence-electron chi connectivity index (χ3n) is 7.95. The second-order valence-corrected chi connectivity index (χ2v) is 11.5. The van der Waals surface area contributed by atoms with Crippen molar-refractivity contribution >= 4 is 53.4 Å². The van der Waals surface area contributed by atoms with E-state index >= 15 is 0 Å². The van der Waals surface area contributed by atoms with Crippen molar-refractivity contribution in [2.75, 3.05) is 0 Å². The summed E-state index contributed by atoms with van der Waals surface area (Å²) in [6.07, 6.45) is 0. The van der Waals surface area contributed by atoms with Crippen molar-refractivity contribution in [2.24, 2.45) is 0 Å². The van der Waals surface area contributed by atoms with Crippen molar-refractivity contribution < 1.29 is 4.42 Å². The van der Waals surface area contributed by atoms with Gasteiger partial charge in [0, 0.05) is 36.5 Å². The van der Waals surface area contributed by atoms with Crippen molar-refractivity contribution in [3.8, 4) is 45.5 Å². The highest BCUT2D eigenvalue weighted by Crippen LogP contribution is 2.40. The van der Waals surface area contributed by atoms with Gasteiger partial charge in [0.1, 0.15) is 11.2 Å². The monoisotopic (exact) mass is 552 g/mol. The number of furan rings is 1. The van der Waals surface area contributed by atoms with Crippen LogP contribution in [0.3, 0.4) is 0 Å². The van der Waals surface area contributed by atoms with Crippen LogP contribution in [0, 0.1) is 22.7 Å². The van der Waals surface area contributed by atoms with E-state index < -0.39 is 0 Å². The zero-order chi connectivity index (χ0) is 28.2. The molecule has 2 aromatic heterocycles. The first kappa shape index (κ1) is 24.1. The molecule has 0 saturated carbocycles. The lowest BCUT2D eigenvalue weighted by molar-refractivity contribution is 0.669. The summed E-state index contributed by atoms with van der Waals surface area (Å²) in [5.41, 5.74) is 8.19. The summed E-state index contributed by atoms with van der Waals surface area (Å²) in [4.78, 5) is 0. The molecule has 0 spiro atoms. The number of thiophene rings is 1. The molecule has 2 heterocycles. The zero-order valence-corrected chi connectivity index (χ0v) is 23.1. The van der Waals surface area contributed by atoms with Crippen LogP contribution in [-0.2, 0) is 0 Å². The predicted molar refractivity (Wildman–Crippen MR) is 172 cm³/mol. The van der Waals surface area contributed by atoms with E-state index in [1.165, 1.54) is 20.2 Å². The minimum atomic E-state index is 0.476. The minimum absolute atomic E-state index is 0.476. The summed E-state index contributed by atoms with van der Waals surface area (Å²) in [5.74, 6) is 0. The highest BCUT2D eigenvalue weighted by Gasteiger charge is 2.16. The molecule has 0 aliphatic carbocycles. The SMILES string of the molecule is N#Cc1cccc(C#N)c1-c1cc(-c2ccc3c(c2)oc2ccccc23)cc(-c2ccc3sc4ccccc4c3c2)c1. The van der Waals surface area contributed by atoms with Gasteiger partial charge in [-0.3, -0.25) is 0 Å². The summed E-state index contributed by atoms with van der Waals surface area (Å²) in [5, 5.41) is 24.6. The van der Waals surface area contributed by atoms with E-state index in [0.717, 1.165) is 49.8 Å². The third-order valence-corrected chi connectivity index (χ3v) is 9.10. The Morgan fingerprint density at radius 2 is 1.07 bits per heavy atom. The van der Waals surface area contributed by atoms with Crippen molar-refractivity contribution in [3.63, 3.8) is 0 Å². The Morgan fingerprint density at radius 1 is 0.452 bits per heavy atom. The molecule has 3 nitrogen and oxygen atoms in total. The maximum absolute atomic E-state index is 9.98. The van der Waals surface area contributed by atoms with E-state index in [1.54, 1.807) is 29.5 Å². The van der Waals surface area contributed by atoms with E-state index in [0.29, 0.717) is 16.7 Å². The average molecular weight is 553 g/mol. The van der Waals surface area contributed by atoms with Crippen molar-refractivity contribution in [2.45, 2.75) is 0 Å². The predicted octanol–water partition coefficient (Wildman–Crippen LogP) is 10.7. The molecule has 0 fully saturated rings. The van der Waals surface area contributed by atoms with Crippen LogP contribution >= 0.6 is 11.3 Å². The van der Waals surface area contributed by atoms with E-state index in [9.17, 15) is 10.5 Å². The van der Waals surface area contributed by atoms with Gasteiger partial charge in [-0.15, -0.1) is 11.3 Å². The maximum Gasteiger partial charge on any atom is 0.136 e. The Bertz CT molecular complexity index is 2420. The largest absolute Gasteiger partial charge is 0.456 e. The third kappa shape index (κ3) is 3.79. The van der Waals surface area contributed by atoms with E-state index in [4.69, 9.17) is 4.42 Å². The van der Waals surface area contributed by atoms with Crippen LogP contribution in [0.4, 0.5) is 0 Å². The van der Waals surface area contributed by atoms with E-state index in [2.05, 4.69) is 97.1 Å². The minimum Gasteiger partial charge on any atom is -0.456 e. The van der Waals surface area contributed by atoms with Gasteiger partial charge in [0.05, 0.1) is 23.3 Å². The quantitative estimate of drug-likeness (QED) is 0.219. The van der Waals surface area contributed by atoms with E-state index in [-0.39, 0.29) is 0 Å². The van der Waals surface area contributed by atoms with Gasteiger partial charge in [-0.05, 0) is 94.5 Å². The molecule has 0 unspecified atom stereocenters. The molecule has 42 heavy (non-hydrogen) atoms. The number of rotatable bonds is 3. The summed E-state index contributed by atoms with van der Waals surface area (Å²) < 4.78 is 8.72. The van der Waals surface area contributed by atoms with Crippen LogP contribution in [0.5, 0.6) is 0 Å². The Labute approximate surface area is 245 Å². The maximum atomic E-state index is 9.98. The molecule has 0 saturated heterocycles. The Kier molecular flexibility index (Phi) is 5.44. The summed E-state index contributed by atoms with van der Waals surface area (Å²) in [6.45, 7) is 0. The topological polar surface area (TPSA) is 60.7 Å². The molecule has 4 heteroatoms. The van der Waals surface area contributed by atoms with Gasteiger partial charge in [0.25, 0.3) is 0 Å². The van der Waals surface area contributed by atoms with Crippen molar-refractivity contribution in [3.05, 3.63) is 132 Å². The first-order valence-corrected chi connectivity index (χ1v) is 14.4. The molecule has 194 valence electrons. The molecular formula is C38H20N2OS. The van der Waals surface area contributed by atoms with Crippen LogP contribution < -0.4 is 0 Å². The number of para-hydroxylation sites is 1. The first-order valence-electron chi connectivity index (χ1n) is 13.6. The zero-order valence-electron chi connectivity index (χ0n) is 22.3. The summed E-state index contributed by atoms with van der Waals surface area (Å²) in [7, 11) is 0. The summed E-state index contributed by atoms with van der Waals surface area (Å²) in [6, 6.07) is 45.7. The molecule has 0 bridgehead atoms. The Morgan fingerprint density at radius 3 is 1.86 bits per heavy atom. The van der Waals surface area contributed by atoms with Gasteiger partial charge in [-0.25, -0.2) is 0 Å². The van der Waals surface area contributed by atoms with Gasteiger partial charge in [-0.1, -0.05) is 54.6 Å². The smallest absolute Gasteiger partial charge is 0.136 e. The fourth-order valence-electron chi connectivity index (χ4n) is 5.97. The molecule has 8 aromatic rings. The number of nitriles is 2. The van der Waals surface area contributed by atoms with Crippen LogP contribution in [0.2, 0.25) is 0 Å². The molecule has 0 radical (unpaired) electrons. The molecule has 0 aliphatic rings. The molecule has 6 aromatic carbocycles. The molecule has 0 atom stereocenters. The number of nitrogens with zero attached hydrogens (tertiary/aromatic N) is 2.